The predicted octanol–water partition coefficient (Wildman–Crippen LogP) is 4.05. The van der Waals surface area contributed by atoms with E-state index < -0.39 is 0 Å². The fourth-order valence-corrected chi connectivity index (χ4v) is 3.82. The summed E-state index contributed by atoms with van der Waals surface area (Å²) in [7, 11) is 1.97. The number of carbonyl (C=O) groups is 1. The van der Waals surface area contributed by atoms with Crippen molar-refractivity contribution in [3.05, 3.63) is 58.3 Å². The van der Waals surface area contributed by atoms with Gasteiger partial charge in [0.25, 0.3) is 0 Å². The molecule has 6 heteroatoms. The minimum Gasteiger partial charge on any atom is -0.348 e. The van der Waals surface area contributed by atoms with Crippen LogP contribution in [0.3, 0.4) is 0 Å². The van der Waals surface area contributed by atoms with Crippen molar-refractivity contribution >= 4 is 44.6 Å². The summed E-state index contributed by atoms with van der Waals surface area (Å²) in [5.41, 5.74) is 3.18. The summed E-state index contributed by atoms with van der Waals surface area (Å²) < 4.78 is 3.07. The molecule has 1 N–H and O–H groups in total. The Morgan fingerprint density at radius 1 is 1.29 bits per heavy atom. The van der Waals surface area contributed by atoms with Crippen LogP contribution in [-0.4, -0.2) is 21.2 Å². The number of nitrogens with zero attached hydrogens (tertiary/aromatic N) is 2. The van der Waals surface area contributed by atoms with Gasteiger partial charge in [0.05, 0.1) is 23.3 Å². The van der Waals surface area contributed by atoms with Crippen LogP contribution in [0, 0.1) is 6.92 Å². The molecule has 0 radical (unpaired) electrons. The lowest BCUT2D eigenvalue weighted by Gasteiger charge is -2.07. The Morgan fingerprint density at radius 3 is 2.83 bits per heavy atom. The third kappa shape index (κ3) is 3.82. The molecule has 3 aromatic rings. The summed E-state index contributed by atoms with van der Waals surface area (Å²) in [5, 5.41) is 2.95. The summed E-state index contributed by atoms with van der Waals surface area (Å²) >= 11 is 5.00. The lowest BCUT2D eigenvalue weighted by atomic mass is 10.2. The number of rotatable bonds is 5. The highest BCUT2D eigenvalue weighted by Gasteiger charge is 2.09. The molecule has 0 atom stereocenters. The van der Waals surface area contributed by atoms with E-state index in [1.807, 2.05) is 54.9 Å². The second-order valence-corrected chi connectivity index (χ2v) is 7.48. The summed E-state index contributed by atoms with van der Waals surface area (Å²) in [6, 6.07) is 14.0. The van der Waals surface area contributed by atoms with Gasteiger partial charge in [-0.1, -0.05) is 28.1 Å². The number of hydrogen-bond donors (Lipinski definition) is 1. The van der Waals surface area contributed by atoms with E-state index in [-0.39, 0.29) is 5.91 Å². The number of imidazole rings is 1. The maximum atomic E-state index is 12.1. The second kappa shape index (κ2) is 7.40. The quantitative estimate of drug-likeness (QED) is 0.653. The van der Waals surface area contributed by atoms with Gasteiger partial charge in [-0.15, -0.1) is 11.8 Å². The molecular formula is C18H18BrN3OS. The highest BCUT2D eigenvalue weighted by atomic mass is 79.9. The molecule has 1 amide bonds. The first-order valence-electron chi connectivity index (χ1n) is 7.60. The molecule has 0 aliphatic carbocycles. The first-order valence-corrected chi connectivity index (χ1v) is 9.38. The van der Waals surface area contributed by atoms with Crippen LogP contribution >= 0.6 is 27.7 Å². The fraction of sp³-hybridized carbons (Fsp3) is 0.222. The number of fused-ring (bicyclic) bond motifs is 1. The molecule has 0 unspecified atom stereocenters. The van der Waals surface area contributed by atoms with Gasteiger partial charge in [-0.2, -0.15) is 0 Å². The molecule has 0 saturated carbocycles. The predicted molar refractivity (Wildman–Crippen MR) is 102 cm³/mol. The van der Waals surface area contributed by atoms with Crippen LogP contribution in [0.15, 0.2) is 51.8 Å². The van der Waals surface area contributed by atoms with Crippen LogP contribution in [0.1, 0.15) is 11.4 Å². The summed E-state index contributed by atoms with van der Waals surface area (Å²) in [4.78, 5) is 17.8. The van der Waals surface area contributed by atoms with Crippen molar-refractivity contribution in [2.75, 3.05) is 5.75 Å². The first kappa shape index (κ1) is 17.0. The van der Waals surface area contributed by atoms with Crippen molar-refractivity contribution in [1.29, 1.82) is 0 Å². The number of thioether (sulfide) groups is 1. The van der Waals surface area contributed by atoms with E-state index in [4.69, 9.17) is 0 Å². The van der Waals surface area contributed by atoms with Crippen LogP contribution in [0.5, 0.6) is 0 Å². The number of benzene rings is 2. The number of amides is 1. The van der Waals surface area contributed by atoms with Crippen LogP contribution in [0.4, 0.5) is 0 Å². The third-order valence-electron chi connectivity index (χ3n) is 3.82. The van der Waals surface area contributed by atoms with Gasteiger partial charge in [0, 0.05) is 16.4 Å². The Morgan fingerprint density at radius 2 is 2.08 bits per heavy atom. The normalized spacial score (nSPS) is 11.0. The highest BCUT2D eigenvalue weighted by Crippen LogP contribution is 2.25. The Bertz CT molecular complexity index is 891. The molecule has 0 spiro atoms. The number of halogens is 1. The molecule has 3 rings (SSSR count). The van der Waals surface area contributed by atoms with E-state index in [2.05, 4.69) is 32.3 Å². The van der Waals surface area contributed by atoms with Gasteiger partial charge in [-0.05, 0) is 42.8 Å². The molecule has 1 aromatic heterocycles. The number of hydrogen-bond acceptors (Lipinski definition) is 3. The van der Waals surface area contributed by atoms with Crippen LogP contribution in [0.2, 0.25) is 0 Å². The first-order chi connectivity index (χ1) is 11.5. The van der Waals surface area contributed by atoms with Crippen LogP contribution < -0.4 is 5.32 Å². The summed E-state index contributed by atoms with van der Waals surface area (Å²) in [5.74, 6) is 1.26. The topological polar surface area (TPSA) is 46.9 Å². The SMILES string of the molecule is Cc1cc(Br)ccc1SCC(=O)NCc1nc2ccccc2n1C. The van der Waals surface area contributed by atoms with E-state index in [0.29, 0.717) is 12.3 Å². The minimum atomic E-state index is 0.00868. The molecule has 24 heavy (non-hydrogen) atoms. The van der Waals surface area contributed by atoms with Gasteiger partial charge >= 0.3 is 0 Å². The molecule has 4 nitrogen and oxygen atoms in total. The van der Waals surface area contributed by atoms with Gasteiger partial charge in [0.2, 0.25) is 5.91 Å². The number of nitrogens with one attached hydrogen (secondary N) is 1. The zero-order valence-corrected chi connectivity index (χ0v) is 15.9. The maximum absolute atomic E-state index is 12.1. The maximum Gasteiger partial charge on any atom is 0.230 e. The van der Waals surface area contributed by atoms with Crippen molar-refractivity contribution in [2.24, 2.45) is 7.05 Å². The molecule has 1 heterocycles. The third-order valence-corrected chi connectivity index (χ3v) is 5.49. The zero-order chi connectivity index (χ0) is 17.1. The van der Waals surface area contributed by atoms with Crippen molar-refractivity contribution in [3.8, 4) is 0 Å². The van der Waals surface area contributed by atoms with Gasteiger partial charge in [-0.25, -0.2) is 4.98 Å². The van der Waals surface area contributed by atoms with E-state index in [1.165, 1.54) is 0 Å². The Hall–Kier alpha value is -1.79. The van der Waals surface area contributed by atoms with E-state index in [0.717, 1.165) is 31.8 Å². The number of aromatic nitrogens is 2. The molecule has 124 valence electrons. The van der Waals surface area contributed by atoms with E-state index in [1.54, 1.807) is 11.8 Å². The Balaban J connectivity index is 1.58. The molecule has 0 fully saturated rings. The number of para-hydroxylation sites is 2. The average molecular weight is 404 g/mol. The largest absolute Gasteiger partial charge is 0.348 e. The van der Waals surface area contributed by atoms with E-state index >= 15 is 0 Å². The molecule has 0 aliphatic rings. The fourth-order valence-electron chi connectivity index (χ4n) is 2.50. The highest BCUT2D eigenvalue weighted by molar-refractivity contribution is 9.10. The smallest absolute Gasteiger partial charge is 0.230 e. The van der Waals surface area contributed by atoms with Gasteiger partial charge in [0.1, 0.15) is 5.82 Å². The van der Waals surface area contributed by atoms with Crippen molar-refractivity contribution < 1.29 is 4.79 Å². The van der Waals surface area contributed by atoms with Crippen molar-refractivity contribution in [2.45, 2.75) is 18.4 Å². The Kier molecular flexibility index (Phi) is 5.26. The average Bonchev–Trinajstić information content (AvgIpc) is 2.89. The molecule has 0 bridgehead atoms. The molecular weight excluding hydrogens is 386 g/mol. The summed E-state index contributed by atoms with van der Waals surface area (Å²) in [6.45, 7) is 2.48. The molecule has 2 aromatic carbocycles. The lowest BCUT2D eigenvalue weighted by molar-refractivity contribution is -0.118. The number of carbonyl (C=O) groups excluding carboxylic acids is 1. The molecule has 0 saturated heterocycles. The van der Waals surface area contributed by atoms with Gasteiger partial charge in [0.15, 0.2) is 0 Å². The van der Waals surface area contributed by atoms with Crippen LogP contribution in [0.25, 0.3) is 11.0 Å². The Labute approximate surface area is 153 Å². The zero-order valence-electron chi connectivity index (χ0n) is 13.5. The van der Waals surface area contributed by atoms with Gasteiger partial charge < -0.3 is 9.88 Å². The minimum absolute atomic E-state index is 0.00868. The monoisotopic (exact) mass is 403 g/mol. The molecule has 0 aliphatic heterocycles. The summed E-state index contributed by atoms with van der Waals surface area (Å²) in [6.07, 6.45) is 0. The van der Waals surface area contributed by atoms with E-state index in [9.17, 15) is 4.79 Å². The van der Waals surface area contributed by atoms with Gasteiger partial charge in [-0.3, -0.25) is 4.79 Å². The van der Waals surface area contributed by atoms with Crippen molar-refractivity contribution in [1.82, 2.24) is 14.9 Å². The van der Waals surface area contributed by atoms with Crippen molar-refractivity contribution in [3.63, 3.8) is 0 Å². The standard InChI is InChI=1S/C18H18BrN3OS/c1-12-9-13(19)7-8-16(12)24-11-18(23)20-10-17-21-14-5-3-4-6-15(14)22(17)2/h3-9H,10-11H2,1-2H3,(H,20,23). The lowest BCUT2D eigenvalue weighted by Crippen LogP contribution is -2.26. The number of aryl methyl sites for hydroxylation is 2. The second-order valence-electron chi connectivity index (χ2n) is 5.55. The van der Waals surface area contributed by atoms with Crippen LogP contribution in [-0.2, 0) is 18.4 Å².